The lowest BCUT2D eigenvalue weighted by atomic mass is 9.88. The van der Waals surface area contributed by atoms with Crippen molar-refractivity contribution in [1.82, 2.24) is 20.1 Å². The SMILES string of the molecule is Cc1ccc(Cl)cc1-n1c(SCc2ccc(F)cc2)nnc1C(C)NC(=O)C1CCCCC1. The number of thioether (sulfide) groups is 1. The van der Waals surface area contributed by atoms with E-state index < -0.39 is 0 Å². The number of hydrogen-bond donors (Lipinski definition) is 1. The largest absolute Gasteiger partial charge is 0.346 e. The van der Waals surface area contributed by atoms with E-state index in [1.165, 1.54) is 30.3 Å². The van der Waals surface area contributed by atoms with Crippen molar-refractivity contribution in [3.05, 3.63) is 70.3 Å². The van der Waals surface area contributed by atoms with Gasteiger partial charge in [-0.05, 0) is 62.1 Å². The highest BCUT2D eigenvalue weighted by molar-refractivity contribution is 7.98. The van der Waals surface area contributed by atoms with Crippen LogP contribution in [-0.4, -0.2) is 20.7 Å². The summed E-state index contributed by atoms with van der Waals surface area (Å²) in [7, 11) is 0. The zero-order valence-corrected chi connectivity index (χ0v) is 20.4. The predicted octanol–water partition coefficient (Wildman–Crippen LogP) is 6.42. The monoisotopic (exact) mass is 486 g/mol. The van der Waals surface area contributed by atoms with E-state index in [-0.39, 0.29) is 23.7 Å². The van der Waals surface area contributed by atoms with E-state index in [0.29, 0.717) is 21.8 Å². The summed E-state index contributed by atoms with van der Waals surface area (Å²) in [4.78, 5) is 12.9. The molecule has 5 nitrogen and oxygen atoms in total. The van der Waals surface area contributed by atoms with Crippen LogP contribution in [0.25, 0.3) is 5.69 Å². The fourth-order valence-corrected chi connectivity index (χ4v) is 5.27. The Kier molecular flexibility index (Phi) is 7.71. The molecule has 0 aliphatic heterocycles. The topological polar surface area (TPSA) is 59.8 Å². The summed E-state index contributed by atoms with van der Waals surface area (Å²) < 4.78 is 15.2. The predicted molar refractivity (Wildman–Crippen MR) is 130 cm³/mol. The smallest absolute Gasteiger partial charge is 0.223 e. The van der Waals surface area contributed by atoms with Crippen molar-refractivity contribution in [3.63, 3.8) is 0 Å². The van der Waals surface area contributed by atoms with Crippen LogP contribution < -0.4 is 5.32 Å². The molecule has 2 aromatic carbocycles. The van der Waals surface area contributed by atoms with Gasteiger partial charge in [0, 0.05) is 16.7 Å². The first kappa shape index (κ1) is 23.8. The Labute approximate surface area is 203 Å². The molecule has 1 aliphatic carbocycles. The molecule has 0 spiro atoms. The van der Waals surface area contributed by atoms with Crippen molar-refractivity contribution in [2.45, 2.75) is 62.9 Å². The van der Waals surface area contributed by atoms with E-state index >= 15 is 0 Å². The lowest BCUT2D eigenvalue weighted by molar-refractivity contribution is -0.126. The Bertz CT molecular complexity index is 1110. The van der Waals surface area contributed by atoms with Crippen molar-refractivity contribution < 1.29 is 9.18 Å². The minimum absolute atomic E-state index is 0.0674. The molecule has 0 saturated heterocycles. The molecule has 174 valence electrons. The van der Waals surface area contributed by atoms with Gasteiger partial charge in [-0.2, -0.15) is 0 Å². The second-order valence-electron chi connectivity index (χ2n) is 8.59. The van der Waals surface area contributed by atoms with Gasteiger partial charge < -0.3 is 5.32 Å². The number of carbonyl (C=O) groups excluding carboxylic acids is 1. The second-order valence-corrected chi connectivity index (χ2v) is 9.97. The van der Waals surface area contributed by atoms with E-state index in [1.807, 2.05) is 36.6 Å². The summed E-state index contributed by atoms with van der Waals surface area (Å²) in [5.74, 6) is 1.16. The number of halogens is 2. The van der Waals surface area contributed by atoms with Gasteiger partial charge in [0.2, 0.25) is 5.91 Å². The summed E-state index contributed by atoms with van der Waals surface area (Å²) in [6.07, 6.45) is 5.30. The molecule has 1 aliphatic rings. The van der Waals surface area contributed by atoms with E-state index in [4.69, 9.17) is 11.6 Å². The highest BCUT2D eigenvalue weighted by Gasteiger charge is 2.26. The zero-order chi connectivity index (χ0) is 23.4. The number of aromatic nitrogens is 3. The lowest BCUT2D eigenvalue weighted by Gasteiger charge is -2.23. The Morgan fingerprint density at radius 3 is 2.64 bits per heavy atom. The number of nitrogens with one attached hydrogen (secondary N) is 1. The minimum Gasteiger partial charge on any atom is -0.346 e. The number of nitrogens with zero attached hydrogens (tertiary/aromatic N) is 3. The van der Waals surface area contributed by atoms with Crippen LogP contribution in [0.2, 0.25) is 5.02 Å². The maximum absolute atomic E-state index is 13.3. The van der Waals surface area contributed by atoms with Crippen LogP contribution in [0.5, 0.6) is 0 Å². The number of hydrogen-bond acceptors (Lipinski definition) is 4. The van der Waals surface area contributed by atoms with Crippen molar-refractivity contribution in [2.75, 3.05) is 0 Å². The third-order valence-electron chi connectivity index (χ3n) is 6.07. The molecule has 33 heavy (non-hydrogen) atoms. The summed E-state index contributed by atoms with van der Waals surface area (Å²) in [5.41, 5.74) is 2.89. The molecule has 1 aromatic heterocycles. The van der Waals surface area contributed by atoms with E-state index in [0.717, 1.165) is 42.5 Å². The van der Waals surface area contributed by atoms with Crippen molar-refractivity contribution in [1.29, 1.82) is 0 Å². The van der Waals surface area contributed by atoms with Crippen LogP contribution >= 0.6 is 23.4 Å². The number of amides is 1. The maximum atomic E-state index is 13.3. The van der Waals surface area contributed by atoms with Gasteiger partial charge in [0.05, 0.1) is 11.7 Å². The van der Waals surface area contributed by atoms with E-state index in [1.54, 1.807) is 12.1 Å². The first-order chi connectivity index (χ1) is 15.9. The van der Waals surface area contributed by atoms with E-state index in [9.17, 15) is 9.18 Å². The molecular formula is C25H28ClFN4OS. The van der Waals surface area contributed by atoms with Gasteiger partial charge in [-0.3, -0.25) is 9.36 Å². The van der Waals surface area contributed by atoms with Crippen LogP contribution in [0.15, 0.2) is 47.6 Å². The molecule has 1 heterocycles. The van der Waals surface area contributed by atoms with Crippen LogP contribution in [0.1, 0.15) is 62.0 Å². The molecule has 1 amide bonds. The molecular weight excluding hydrogens is 459 g/mol. The van der Waals surface area contributed by atoms with Crippen LogP contribution in [0.4, 0.5) is 4.39 Å². The molecule has 1 N–H and O–H groups in total. The third-order valence-corrected chi connectivity index (χ3v) is 7.31. The first-order valence-electron chi connectivity index (χ1n) is 11.3. The third kappa shape index (κ3) is 5.76. The van der Waals surface area contributed by atoms with Crippen molar-refractivity contribution in [2.24, 2.45) is 5.92 Å². The van der Waals surface area contributed by atoms with Gasteiger partial charge in [0.15, 0.2) is 11.0 Å². The highest BCUT2D eigenvalue weighted by Crippen LogP contribution is 2.31. The molecule has 1 atom stereocenters. The Morgan fingerprint density at radius 1 is 1.18 bits per heavy atom. The average Bonchev–Trinajstić information content (AvgIpc) is 3.24. The van der Waals surface area contributed by atoms with Gasteiger partial charge in [0.25, 0.3) is 0 Å². The van der Waals surface area contributed by atoms with Crippen LogP contribution in [0, 0.1) is 18.7 Å². The fraction of sp³-hybridized carbons (Fsp3) is 0.400. The lowest BCUT2D eigenvalue weighted by Crippen LogP contribution is -2.34. The number of rotatable bonds is 7. The molecule has 4 rings (SSSR count). The molecule has 1 unspecified atom stereocenters. The fourth-order valence-electron chi connectivity index (χ4n) is 4.19. The molecule has 8 heteroatoms. The average molecular weight is 487 g/mol. The van der Waals surface area contributed by atoms with Crippen molar-refractivity contribution in [3.8, 4) is 5.69 Å². The second kappa shape index (κ2) is 10.7. The zero-order valence-electron chi connectivity index (χ0n) is 18.9. The van der Waals surface area contributed by atoms with Crippen molar-refractivity contribution >= 4 is 29.3 Å². The summed E-state index contributed by atoms with van der Waals surface area (Å²) in [6, 6.07) is 11.8. The normalized spacial score (nSPS) is 15.4. The van der Waals surface area contributed by atoms with Gasteiger partial charge >= 0.3 is 0 Å². The number of carbonyl (C=O) groups is 1. The minimum atomic E-state index is -0.314. The number of aryl methyl sites for hydroxylation is 1. The first-order valence-corrected chi connectivity index (χ1v) is 12.7. The molecule has 1 saturated carbocycles. The Balaban J connectivity index is 1.62. The molecule has 1 fully saturated rings. The van der Waals surface area contributed by atoms with Gasteiger partial charge in [-0.25, -0.2) is 4.39 Å². The Hall–Kier alpha value is -2.38. The molecule has 3 aromatic rings. The van der Waals surface area contributed by atoms with Gasteiger partial charge in [-0.1, -0.05) is 60.8 Å². The molecule has 0 bridgehead atoms. The van der Waals surface area contributed by atoms with Gasteiger partial charge in [-0.15, -0.1) is 10.2 Å². The summed E-state index contributed by atoms with van der Waals surface area (Å²) in [5, 5.41) is 13.4. The Morgan fingerprint density at radius 2 is 1.91 bits per heavy atom. The van der Waals surface area contributed by atoms with Crippen LogP contribution in [0.3, 0.4) is 0 Å². The molecule has 0 radical (unpaired) electrons. The summed E-state index contributed by atoms with van der Waals surface area (Å²) >= 11 is 7.84. The van der Waals surface area contributed by atoms with Gasteiger partial charge in [0.1, 0.15) is 5.82 Å². The quantitative estimate of drug-likeness (QED) is 0.391. The highest BCUT2D eigenvalue weighted by atomic mass is 35.5. The summed E-state index contributed by atoms with van der Waals surface area (Å²) in [6.45, 7) is 3.95. The van der Waals surface area contributed by atoms with Crippen LogP contribution in [-0.2, 0) is 10.5 Å². The standard InChI is InChI=1S/C25H28ClFN4OS/c1-16-8-11-20(26)14-22(16)31-23(17(2)28-24(32)19-6-4-3-5-7-19)29-30-25(31)33-15-18-9-12-21(27)13-10-18/h8-14,17,19H,3-7,15H2,1-2H3,(H,28,32). The van der Waals surface area contributed by atoms with E-state index in [2.05, 4.69) is 15.5 Å². The maximum Gasteiger partial charge on any atom is 0.223 e. The number of benzene rings is 2.